The van der Waals surface area contributed by atoms with Crippen LogP contribution in [0.3, 0.4) is 0 Å². The van der Waals surface area contributed by atoms with E-state index in [4.69, 9.17) is 9.47 Å². The molecule has 1 saturated carbocycles. The number of carbonyl (C=O) groups is 2. The zero-order valence-corrected chi connectivity index (χ0v) is 26.5. The molecule has 3 aromatic rings. The summed E-state index contributed by atoms with van der Waals surface area (Å²) in [4.78, 5) is 45.6. The molecule has 1 aromatic carbocycles. The number of carbonyl (C=O) groups excluding carboxylic acids is 2. The van der Waals surface area contributed by atoms with Crippen molar-refractivity contribution in [3.8, 4) is 23.1 Å². The summed E-state index contributed by atoms with van der Waals surface area (Å²) < 4.78 is 56.0. The quantitative estimate of drug-likeness (QED) is 0.302. The number of nitrogens with one attached hydrogen (secondary N) is 2. The topological polar surface area (TPSA) is 139 Å². The summed E-state index contributed by atoms with van der Waals surface area (Å²) in [6.45, 7) is 3.55. The van der Waals surface area contributed by atoms with Crippen LogP contribution in [0.25, 0.3) is 11.1 Å². The Kier molecular flexibility index (Phi) is 9.26. The van der Waals surface area contributed by atoms with E-state index in [1.807, 2.05) is 0 Å². The van der Waals surface area contributed by atoms with Gasteiger partial charge in [0.1, 0.15) is 17.2 Å². The second-order valence-corrected chi connectivity index (χ2v) is 12.7. The Balaban J connectivity index is 1.34. The third kappa shape index (κ3) is 7.37. The maximum Gasteiger partial charge on any atom is 0.282 e. The van der Waals surface area contributed by atoms with Gasteiger partial charge in [-0.15, -0.1) is 0 Å². The van der Waals surface area contributed by atoms with Gasteiger partial charge in [0.25, 0.3) is 23.3 Å². The molecule has 2 saturated heterocycles. The first-order chi connectivity index (χ1) is 22.9. The average molecular weight is 665 g/mol. The maximum absolute atomic E-state index is 15.7. The van der Waals surface area contributed by atoms with E-state index in [2.05, 4.69) is 15.6 Å². The standard InChI is InChI=1S/C34H35F3N6O5/c1-19(2)48-29-12-22(30-25(8-20(13-38)10-27(30)35)32(45)42-17-34(36,37)18-42)11-28(40-29)41-31(44)26-9-21(14-39-15-24-4-3-7-47-24)16-43(33(26)46)23-5-6-23/h8-12,16,19,23-24,39H,3-7,14-15,17-18H2,1-2H3,(H,40,41,44)/t24-/m0/s1. The Bertz CT molecular complexity index is 1840. The second-order valence-electron chi connectivity index (χ2n) is 12.7. The lowest BCUT2D eigenvalue weighted by molar-refractivity contribution is -0.113. The number of halogens is 3. The molecule has 2 aromatic heterocycles. The van der Waals surface area contributed by atoms with Crippen molar-refractivity contribution < 1.29 is 32.2 Å². The zero-order valence-electron chi connectivity index (χ0n) is 26.5. The fourth-order valence-electron chi connectivity index (χ4n) is 5.89. The molecular weight excluding hydrogens is 629 g/mol. The number of amides is 2. The van der Waals surface area contributed by atoms with Crippen LogP contribution < -0.4 is 20.9 Å². The number of hydrogen-bond acceptors (Lipinski definition) is 8. The fourth-order valence-corrected chi connectivity index (χ4v) is 5.89. The molecule has 6 rings (SSSR count). The third-order valence-corrected chi connectivity index (χ3v) is 8.28. The third-order valence-electron chi connectivity index (χ3n) is 8.28. The maximum atomic E-state index is 15.7. The van der Waals surface area contributed by atoms with Gasteiger partial charge in [0.15, 0.2) is 0 Å². The molecule has 1 atom stereocenters. The first kappa shape index (κ1) is 33.2. The number of hydrogen-bond donors (Lipinski definition) is 2. The van der Waals surface area contributed by atoms with E-state index in [9.17, 15) is 28.4 Å². The van der Waals surface area contributed by atoms with Gasteiger partial charge in [0.2, 0.25) is 5.88 Å². The molecule has 48 heavy (non-hydrogen) atoms. The predicted molar refractivity (Wildman–Crippen MR) is 169 cm³/mol. The molecular formula is C34H35F3N6O5. The van der Waals surface area contributed by atoms with Gasteiger partial charge < -0.3 is 29.6 Å². The Labute approximate surface area is 274 Å². The molecule has 3 fully saturated rings. The Hall–Kier alpha value is -4.74. The van der Waals surface area contributed by atoms with Gasteiger partial charge >= 0.3 is 0 Å². The van der Waals surface area contributed by atoms with Crippen LogP contribution in [0.5, 0.6) is 5.88 Å². The number of nitrogens with zero attached hydrogens (tertiary/aromatic N) is 4. The SMILES string of the molecule is CC(C)Oc1cc(-c2c(F)cc(C#N)cc2C(=O)N2CC(F)(F)C2)cc(NC(=O)c2cc(CNC[C@@H]3CCCO3)cn(C3CC3)c2=O)n1. The fraction of sp³-hybridized carbons (Fsp3) is 0.441. The molecule has 0 spiro atoms. The normalized spacial score (nSPS) is 18.4. The molecule has 4 heterocycles. The summed E-state index contributed by atoms with van der Waals surface area (Å²) in [5.41, 5.74) is -0.579. The monoisotopic (exact) mass is 664 g/mol. The highest BCUT2D eigenvalue weighted by Gasteiger charge is 2.47. The summed E-state index contributed by atoms with van der Waals surface area (Å²) in [5.74, 6) is -5.80. The first-order valence-electron chi connectivity index (χ1n) is 15.9. The van der Waals surface area contributed by atoms with Crippen LogP contribution in [0, 0.1) is 17.1 Å². The van der Waals surface area contributed by atoms with Crippen molar-refractivity contribution in [3.05, 3.63) is 75.0 Å². The van der Waals surface area contributed by atoms with E-state index in [-0.39, 0.29) is 51.7 Å². The lowest BCUT2D eigenvalue weighted by atomic mass is 9.95. The molecule has 14 heteroatoms. The number of pyridine rings is 2. The van der Waals surface area contributed by atoms with Crippen molar-refractivity contribution in [2.75, 3.05) is 31.6 Å². The van der Waals surface area contributed by atoms with Crippen molar-refractivity contribution in [1.29, 1.82) is 5.26 Å². The molecule has 0 bridgehead atoms. The Morgan fingerprint density at radius 2 is 1.92 bits per heavy atom. The van der Waals surface area contributed by atoms with Crippen molar-refractivity contribution in [2.24, 2.45) is 0 Å². The van der Waals surface area contributed by atoms with Gasteiger partial charge in [0, 0.05) is 43.6 Å². The minimum absolute atomic E-state index is 0.00339. The summed E-state index contributed by atoms with van der Waals surface area (Å²) in [5, 5.41) is 15.4. The largest absolute Gasteiger partial charge is 0.475 e. The molecule has 0 radical (unpaired) electrons. The number of nitriles is 1. The average Bonchev–Trinajstić information content (AvgIpc) is 3.73. The molecule has 2 amide bonds. The zero-order chi connectivity index (χ0) is 34.2. The van der Waals surface area contributed by atoms with Gasteiger partial charge in [-0.3, -0.25) is 14.4 Å². The van der Waals surface area contributed by atoms with Crippen molar-refractivity contribution in [2.45, 2.75) is 70.2 Å². The molecule has 2 aliphatic heterocycles. The molecule has 3 aliphatic rings. The van der Waals surface area contributed by atoms with Crippen LogP contribution in [-0.2, 0) is 11.3 Å². The summed E-state index contributed by atoms with van der Waals surface area (Å²) >= 11 is 0. The molecule has 0 unspecified atom stereocenters. The number of anilines is 1. The number of aromatic nitrogens is 2. The van der Waals surface area contributed by atoms with Gasteiger partial charge in [-0.2, -0.15) is 10.2 Å². The summed E-state index contributed by atoms with van der Waals surface area (Å²) in [6, 6.07) is 8.01. The Morgan fingerprint density at radius 1 is 1.15 bits per heavy atom. The van der Waals surface area contributed by atoms with Gasteiger partial charge in [-0.1, -0.05) is 0 Å². The molecule has 11 nitrogen and oxygen atoms in total. The second kappa shape index (κ2) is 13.4. The number of ether oxygens (including phenoxy) is 2. The molecule has 1 aliphatic carbocycles. The minimum atomic E-state index is -3.07. The van der Waals surface area contributed by atoms with E-state index < -0.39 is 48.3 Å². The van der Waals surface area contributed by atoms with Gasteiger partial charge in [-0.25, -0.2) is 13.2 Å². The van der Waals surface area contributed by atoms with E-state index in [0.717, 1.165) is 54.9 Å². The minimum Gasteiger partial charge on any atom is -0.475 e. The van der Waals surface area contributed by atoms with Gasteiger partial charge in [0.05, 0.1) is 42.5 Å². The van der Waals surface area contributed by atoms with Crippen molar-refractivity contribution in [1.82, 2.24) is 19.8 Å². The highest BCUT2D eigenvalue weighted by atomic mass is 19.3. The van der Waals surface area contributed by atoms with Crippen LogP contribution in [0.15, 0.2) is 41.3 Å². The lowest BCUT2D eigenvalue weighted by Crippen LogP contribution is -2.58. The lowest BCUT2D eigenvalue weighted by Gasteiger charge is -2.39. The number of benzene rings is 1. The summed E-state index contributed by atoms with van der Waals surface area (Å²) in [7, 11) is 0. The van der Waals surface area contributed by atoms with E-state index in [0.29, 0.717) is 13.1 Å². The summed E-state index contributed by atoms with van der Waals surface area (Å²) in [6.07, 6.45) is 5.09. The van der Waals surface area contributed by atoms with Gasteiger partial charge in [-0.05, 0) is 74.9 Å². The first-order valence-corrected chi connectivity index (χ1v) is 15.9. The van der Waals surface area contributed by atoms with Crippen LogP contribution in [0.2, 0.25) is 0 Å². The highest BCUT2D eigenvalue weighted by Crippen LogP contribution is 2.36. The number of alkyl halides is 2. The highest BCUT2D eigenvalue weighted by molar-refractivity contribution is 6.05. The van der Waals surface area contributed by atoms with E-state index in [1.54, 1.807) is 30.7 Å². The number of likely N-dealkylation sites (tertiary alicyclic amines) is 1. The molecule has 2 N–H and O–H groups in total. The van der Waals surface area contributed by atoms with Crippen LogP contribution in [0.4, 0.5) is 19.0 Å². The van der Waals surface area contributed by atoms with Crippen LogP contribution in [0.1, 0.15) is 77.4 Å². The Morgan fingerprint density at radius 3 is 2.56 bits per heavy atom. The van der Waals surface area contributed by atoms with Crippen molar-refractivity contribution in [3.63, 3.8) is 0 Å². The van der Waals surface area contributed by atoms with Crippen molar-refractivity contribution >= 4 is 17.6 Å². The predicted octanol–water partition coefficient (Wildman–Crippen LogP) is 4.66. The smallest absolute Gasteiger partial charge is 0.282 e. The number of rotatable bonds is 11. The molecule has 252 valence electrons. The van der Waals surface area contributed by atoms with Crippen LogP contribution in [-0.4, -0.2) is 70.6 Å². The van der Waals surface area contributed by atoms with E-state index in [1.165, 1.54) is 18.2 Å². The van der Waals surface area contributed by atoms with Crippen LogP contribution >= 0.6 is 0 Å². The van der Waals surface area contributed by atoms with E-state index >= 15 is 4.39 Å².